The number of hydrogen-bond donors (Lipinski definition) is 0. The fraction of sp³-hybridized carbons (Fsp3) is 0.529. The topological polar surface area (TPSA) is 37.4 Å². The summed E-state index contributed by atoms with van der Waals surface area (Å²) in [5.74, 6) is 0.702. The summed E-state index contributed by atoms with van der Waals surface area (Å²) in [6.07, 6.45) is 3.09. The summed E-state index contributed by atoms with van der Waals surface area (Å²) >= 11 is 0. The van der Waals surface area contributed by atoms with Crippen LogP contribution in [0, 0.1) is 11.8 Å². The second kappa shape index (κ2) is 5.39. The van der Waals surface area contributed by atoms with E-state index in [2.05, 4.69) is 12.1 Å². The van der Waals surface area contributed by atoms with Gasteiger partial charge in [0.25, 0.3) is 0 Å². The largest absolute Gasteiger partial charge is 0.341 e. The highest BCUT2D eigenvalue weighted by Gasteiger charge is 2.34. The average molecular weight is 271 g/mol. The van der Waals surface area contributed by atoms with Crippen LogP contribution in [0.15, 0.2) is 24.3 Å². The van der Waals surface area contributed by atoms with Gasteiger partial charge in [-0.05, 0) is 30.4 Å². The van der Waals surface area contributed by atoms with Crippen LogP contribution in [-0.2, 0) is 22.4 Å². The number of piperidine rings is 1. The molecule has 1 aliphatic carbocycles. The molecule has 1 amide bonds. The molecule has 2 aliphatic rings. The minimum absolute atomic E-state index is 0.0523. The maximum atomic E-state index is 12.7. The molecule has 0 spiro atoms. The highest BCUT2D eigenvalue weighted by Crippen LogP contribution is 2.29. The minimum Gasteiger partial charge on any atom is -0.341 e. The molecule has 0 saturated carbocycles. The fourth-order valence-corrected chi connectivity index (χ4v) is 3.46. The summed E-state index contributed by atoms with van der Waals surface area (Å²) in [5.41, 5.74) is 2.62. The smallest absolute Gasteiger partial charge is 0.226 e. The van der Waals surface area contributed by atoms with E-state index in [-0.39, 0.29) is 17.7 Å². The Balaban J connectivity index is 1.67. The summed E-state index contributed by atoms with van der Waals surface area (Å²) in [4.78, 5) is 26.3. The molecule has 3 heteroatoms. The molecule has 1 atom stereocenters. The van der Waals surface area contributed by atoms with Gasteiger partial charge in [-0.15, -0.1) is 0 Å². The van der Waals surface area contributed by atoms with Crippen LogP contribution in [0.2, 0.25) is 0 Å². The quantitative estimate of drug-likeness (QED) is 0.827. The molecule has 1 saturated heterocycles. The van der Waals surface area contributed by atoms with E-state index in [4.69, 9.17) is 0 Å². The normalized spacial score (nSPS) is 22.9. The van der Waals surface area contributed by atoms with Gasteiger partial charge >= 0.3 is 0 Å². The molecule has 1 unspecified atom stereocenters. The number of benzene rings is 1. The van der Waals surface area contributed by atoms with E-state index in [1.54, 1.807) is 0 Å². The van der Waals surface area contributed by atoms with Crippen LogP contribution in [0.5, 0.6) is 0 Å². The number of likely N-dealkylation sites (tertiary alicyclic amines) is 1. The van der Waals surface area contributed by atoms with Crippen molar-refractivity contribution in [2.45, 2.75) is 32.6 Å². The van der Waals surface area contributed by atoms with Crippen LogP contribution in [0.1, 0.15) is 30.9 Å². The molecule has 1 aliphatic heterocycles. The summed E-state index contributed by atoms with van der Waals surface area (Å²) in [6.45, 7) is 3.27. The summed E-state index contributed by atoms with van der Waals surface area (Å²) < 4.78 is 0. The van der Waals surface area contributed by atoms with Crippen molar-refractivity contribution in [1.82, 2.24) is 4.90 Å². The van der Waals surface area contributed by atoms with Gasteiger partial charge in [0.15, 0.2) is 0 Å². The predicted molar refractivity (Wildman–Crippen MR) is 77.3 cm³/mol. The molecule has 0 N–H and O–H groups in total. The molecule has 3 rings (SSSR count). The minimum atomic E-state index is 0.0523. The van der Waals surface area contributed by atoms with Crippen molar-refractivity contribution in [3.63, 3.8) is 0 Å². The Bertz CT molecular complexity index is 513. The Kier molecular flexibility index (Phi) is 3.60. The van der Waals surface area contributed by atoms with Gasteiger partial charge in [0.1, 0.15) is 5.78 Å². The lowest BCUT2D eigenvalue weighted by Gasteiger charge is -2.33. The molecule has 0 radical (unpaired) electrons. The van der Waals surface area contributed by atoms with Crippen molar-refractivity contribution >= 4 is 11.7 Å². The lowest BCUT2D eigenvalue weighted by atomic mass is 9.92. The number of ketones is 1. The Labute approximate surface area is 120 Å². The van der Waals surface area contributed by atoms with E-state index in [1.165, 1.54) is 11.1 Å². The molecule has 20 heavy (non-hydrogen) atoms. The van der Waals surface area contributed by atoms with Crippen LogP contribution < -0.4 is 0 Å². The number of carbonyl (C=O) groups is 2. The van der Waals surface area contributed by atoms with Crippen molar-refractivity contribution in [3.8, 4) is 0 Å². The van der Waals surface area contributed by atoms with Crippen LogP contribution in [0.25, 0.3) is 0 Å². The maximum absolute atomic E-state index is 12.7. The number of amides is 1. The molecular formula is C17H21NO2. The van der Waals surface area contributed by atoms with E-state index in [9.17, 15) is 9.59 Å². The van der Waals surface area contributed by atoms with Crippen molar-refractivity contribution < 1.29 is 9.59 Å². The summed E-state index contributed by atoms with van der Waals surface area (Å²) in [6, 6.07) is 8.32. The van der Waals surface area contributed by atoms with Crippen LogP contribution >= 0.6 is 0 Å². The molecule has 1 aromatic carbocycles. The third-order valence-corrected chi connectivity index (χ3v) is 4.73. The molecule has 0 aromatic heterocycles. The summed E-state index contributed by atoms with van der Waals surface area (Å²) in [5, 5.41) is 0. The number of fused-ring (bicyclic) bond motifs is 1. The van der Waals surface area contributed by atoms with E-state index in [0.29, 0.717) is 25.3 Å². The molecular weight excluding hydrogens is 250 g/mol. The van der Waals surface area contributed by atoms with Gasteiger partial charge in [0.05, 0.1) is 0 Å². The van der Waals surface area contributed by atoms with Crippen molar-refractivity contribution in [2.24, 2.45) is 11.8 Å². The first-order valence-electron chi connectivity index (χ1n) is 7.57. The lowest BCUT2D eigenvalue weighted by Crippen LogP contribution is -2.46. The van der Waals surface area contributed by atoms with Crippen LogP contribution in [0.4, 0.5) is 0 Å². The number of nitrogens with zero attached hydrogens (tertiary/aromatic N) is 1. The van der Waals surface area contributed by atoms with Crippen molar-refractivity contribution in [3.05, 3.63) is 35.4 Å². The standard InChI is InChI=1S/C17H21NO2/c1-2-12-11-18(8-7-16(12)19)17(20)15-9-13-5-3-4-6-14(13)10-15/h3-6,12,15H,2,7-11H2,1H3. The second-order valence-electron chi connectivity index (χ2n) is 5.98. The monoisotopic (exact) mass is 271 g/mol. The second-order valence-corrected chi connectivity index (χ2v) is 5.98. The Morgan fingerprint density at radius 2 is 1.90 bits per heavy atom. The van der Waals surface area contributed by atoms with E-state index >= 15 is 0 Å². The number of hydrogen-bond acceptors (Lipinski definition) is 2. The third-order valence-electron chi connectivity index (χ3n) is 4.73. The van der Waals surface area contributed by atoms with E-state index in [0.717, 1.165) is 19.3 Å². The Morgan fingerprint density at radius 3 is 2.50 bits per heavy atom. The summed E-state index contributed by atoms with van der Waals surface area (Å²) in [7, 11) is 0. The third kappa shape index (κ3) is 2.37. The molecule has 0 bridgehead atoms. The Morgan fingerprint density at radius 1 is 1.25 bits per heavy atom. The fourth-order valence-electron chi connectivity index (χ4n) is 3.46. The van der Waals surface area contributed by atoms with E-state index in [1.807, 2.05) is 24.0 Å². The molecule has 106 valence electrons. The van der Waals surface area contributed by atoms with Crippen molar-refractivity contribution in [2.75, 3.05) is 13.1 Å². The lowest BCUT2D eigenvalue weighted by molar-refractivity contribution is -0.140. The van der Waals surface area contributed by atoms with Crippen LogP contribution in [0.3, 0.4) is 0 Å². The van der Waals surface area contributed by atoms with Crippen LogP contribution in [-0.4, -0.2) is 29.7 Å². The first kappa shape index (κ1) is 13.3. The highest BCUT2D eigenvalue weighted by atomic mass is 16.2. The molecule has 3 nitrogen and oxygen atoms in total. The van der Waals surface area contributed by atoms with Gasteiger partial charge in [0, 0.05) is 31.3 Å². The molecule has 1 fully saturated rings. The zero-order valence-electron chi connectivity index (χ0n) is 12.0. The van der Waals surface area contributed by atoms with Gasteiger partial charge < -0.3 is 4.90 Å². The number of carbonyl (C=O) groups excluding carboxylic acids is 2. The van der Waals surface area contributed by atoms with Crippen molar-refractivity contribution in [1.29, 1.82) is 0 Å². The molecule has 1 heterocycles. The van der Waals surface area contributed by atoms with Gasteiger partial charge in [-0.1, -0.05) is 31.2 Å². The number of rotatable bonds is 2. The Hall–Kier alpha value is -1.64. The first-order chi connectivity index (χ1) is 9.69. The zero-order chi connectivity index (χ0) is 14.1. The highest BCUT2D eigenvalue weighted by molar-refractivity contribution is 5.86. The van der Waals surface area contributed by atoms with Gasteiger partial charge in [-0.25, -0.2) is 0 Å². The van der Waals surface area contributed by atoms with Gasteiger partial charge in [0.2, 0.25) is 5.91 Å². The molecule has 1 aromatic rings. The maximum Gasteiger partial charge on any atom is 0.226 e. The van der Waals surface area contributed by atoms with E-state index < -0.39 is 0 Å². The zero-order valence-corrected chi connectivity index (χ0v) is 12.0. The average Bonchev–Trinajstić information content (AvgIpc) is 2.91. The predicted octanol–water partition coefficient (Wildman–Crippen LogP) is 2.23. The number of Topliss-reactive ketones (excluding diaryl/α,β-unsaturated/α-hetero) is 1. The first-order valence-corrected chi connectivity index (χ1v) is 7.57. The van der Waals surface area contributed by atoms with Gasteiger partial charge in [-0.2, -0.15) is 0 Å². The SMILES string of the molecule is CCC1CN(C(=O)C2Cc3ccccc3C2)CCC1=O. The van der Waals surface area contributed by atoms with Gasteiger partial charge in [-0.3, -0.25) is 9.59 Å².